The van der Waals surface area contributed by atoms with Crippen LogP contribution in [0.1, 0.15) is 39.8 Å². The van der Waals surface area contributed by atoms with Gasteiger partial charge in [-0.25, -0.2) is 0 Å². The summed E-state index contributed by atoms with van der Waals surface area (Å²) in [5, 5.41) is 7.54. The van der Waals surface area contributed by atoms with Crippen molar-refractivity contribution in [2.24, 2.45) is 7.05 Å². The number of carbonyl (C=O) groups is 1. The molecule has 1 heterocycles. The Morgan fingerprint density at radius 3 is 2.72 bits per heavy atom. The lowest BCUT2D eigenvalue weighted by molar-refractivity contribution is -0.154. The normalized spacial score (nSPS) is 11.4. The fraction of sp³-hybridized carbons (Fsp3) is 0.692. The van der Waals surface area contributed by atoms with Crippen LogP contribution in [0, 0.1) is 0 Å². The molecule has 1 aromatic rings. The third-order valence-electron chi connectivity index (χ3n) is 2.30. The number of nitrogens with one attached hydrogen (secondary N) is 1. The van der Waals surface area contributed by atoms with Crippen molar-refractivity contribution in [3.05, 3.63) is 11.9 Å². The van der Waals surface area contributed by atoms with E-state index in [9.17, 15) is 4.79 Å². The zero-order chi connectivity index (χ0) is 13.8. The fourth-order valence-electron chi connectivity index (χ4n) is 1.64. The number of anilines is 1. The predicted octanol–water partition coefficient (Wildman–Crippen LogP) is 2.13. The number of aromatic nitrogens is 2. The molecule has 0 atom stereocenters. The molecule has 102 valence electrons. The van der Waals surface area contributed by atoms with Crippen LogP contribution in [0.2, 0.25) is 0 Å². The van der Waals surface area contributed by atoms with E-state index in [1.165, 1.54) is 0 Å². The summed E-state index contributed by atoms with van der Waals surface area (Å²) < 4.78 is 7.01. The molecule has 0 aliphatic rings. The number of esters is 1. The molecule has 0 aromatic carbocycles. The van der Waals surface area contributed by atoms with Crippen molar-refractivity contribution in [2.75, 3.05) is 11.9 Å². The second-order valence-electron chi connectivity index (χ2n) is 5.28. The Kier molecular flexibility index (Phi) is 4.76. The third kappa shape index (κ3) is 4.77. The highest BCUT2D eigenvalue weighted by Crippen LogP contribution is 2.14. The maximum absolute atomic E-state index is 11.5. The molecule has 1 aromatic heterocycles. The first-order chi connectivity index (χ1) is 8.31. The summed E-state index contributed by atoms with van der Waals surface area (Å²) in [6.07, 6.45) is 3.15. The standard InChI is InChI=1S/C13H23N3O2/c1-6-10-11(9-16(5)15-10)14-8-7-12(17)18-13(2,3)4/h9,14H,6-8H2,1-5H3. The molecule has 5 heteroatoms. The number of hydrogen-bond acceptors (Lipinski definition) is 4. The molecule has 0 saturated heterocycles. The highest BCUT2D eigenvalue weighted by atomic mass is 16.6. The largest absolute Gasteiger partial charge is 0.460 e. The number of ether oxygens (including phenoxy) is 1. The van der Waals surface area contributed by atoms with Gasteiger partial charge in [0.15, 0.2) is 0 Å². The van der Waals surface area contributed by atoms with E-state index in [1.807, 2.05) is 34.0 Å². The molecule has 0 spiro atoms. The SMILES string of the molecule is CCc1nn(C)cc1NCCC(=O)OC(C)(C)C. The van der Waals surface area contributed by atoms with Crippen LogP contribution in [0.15, 0.2) is 6.20 Å². The van der Waals surface area contributed by atoms with Crippen molar-refractivity contribution in [1.82, 2.24) is 9.78 Å². The number of rotatable bonds is 5. The van der Waals surface area contributed by atoms with Crippen molar-refractivity contribution in [2.45, 2.75) is 46.1 Å². The summed E-state index contributed by atoms with van der Waals surface area (Å²) in [7, 11) is 1.89. The van der Waals surface area contributed by atoms with Gasteiger partial charge in [0, 0.05) is 19.8 Å². The van der Waals surface area contributed by atoms with Crippen LogP contribution in [0.5, 0.6) is 0 Å². The molecule has 0 aliphatic carbocycles. The lowest BCUT2D eigenvalue weighted by Gasteiger charge is -2.19. The number of carbonyl (C=O) groups excluding carboxylic acids is 1. The number of hydrogen-bond donors (Lipinski definition) is 1. The van der Waals surface area contributed by atoms with Crippen LogP contribution >= 0.6 is 0 Å². The van der Waals surface area contributed by atoms with Crippen LogP contribution < -0.4 is 5.32 Å². The van der Waals surface area contributed by atoms with E-state index in [1.54, 1.807) is 4.68 Å². The van der Waals surface area contributed by atoms with Gasteiger partial charge >= 0.3 is 5.97 Å². The van der Waals surface area contributed by atoms with Crippen molar-refractivity contribution in [3.63, 3.8) is 0 Å². The smallest absolute Gasteiger partial charge is 0.308 e. The maximum Gasteiger partial charge on any atom is 0.308 e. The van der Waals surface area contributed by atoms with E-state index in [-0.39, 0.29) is 5.97 Å². The van der Waals surface area contributed by atoms with Gasteiger partial charge in [-0.15, -0.1) is 0 Å². The van der Waals surface area contributed by atoms with Crippen LogP contribution in [-0.2, 0) is 23.0 Å². The second kappa shape index (κ2) is 5.89. The van der Waals surface area contributed by atoms with E-state index in [2.05, 4.69) is 17.3 Å². The summed E-state index contributed by atoms with van der Waals surface area (Å²) in [5.74, 6) is -0.183. The first kappa shape index (κ1) is 14.5. The molecule has 5 nitrogen and oxygen atoms in total. The first-order valence-corrected chi connectivity index (χ1v) is 6.30. The molecule has 0 aliphatic heterocycles. The molecule has 18 heavy (non-hydrogen) atoms. The molecule has 0 saturated carbocycles. The van der Waals surface area contributed by atoms with Gasteiger partial charge in [0.05, 0.1) is 17.8 Å². The lowest BCUT2D eigenvalue weighted by atomic mass is 10.2. The lowest BCUT2D eigenvalue weighted by Crippen LogP contribution is -2.25. The van der Waals surface area contributed by atoms with Gasteiger partial charge < -0.3 is 10.1 Å². The average molecular weight is 253 g/mol. The van der Waals surface area contributed by atoms with Gasteiger partial charge in [-0.05, 0) is 27.2 Å². The Balaban J connectivity index is 2.39. The zero-order valence-corrected chi connectivity index (χ0v) is 11.9. The highest BCUT2D eigenvalue weighted by Gasteiger charge is 2.15. The van der Waals surface area contributed by atoms with Crippen molar-refractivity contribution in [3.8, 4) is 0 Å². The van der Waals surface area contributed by atoms with E-state index in [4.69, 9.17) is 4.74 Å². The Morgan fingerprint density at radius 1 is 1.50 bits per heavy atom. The molecular formula is C13H23N3O2. The van der Waals surface area contributed by atoms with Crippen molar-refractivity contribution >= 4 is 11.7 Å². The van der Waals surface area contributed by atoms with Crippen LogP contribution in [0.4, 0.5) is 5.69 Å². The Morgan fingerprint density at radius 2 is 2.17 bits per heavy atom. The minimum atomic E-state index is -0.417. The van der Waals surface area contributed by atoms with Crippen molar-refractivity contribution in [1.29, 1.82) is 0 Å². The second-order valence-corrected chi connectivity index (χ2v) is 5.28. The topological polar surface area (TPSA) is 56.2 Å². The quantitative estimate of drug-likeness (QED) is 0.817. The Labute approximate surface area is 109 Å². The summed E-state index contributed by atoms with van der Waals surface area (Å²) in [4.78, 5) is 11.5. The maximum atomic E-state index is 11.5. The van der Waals surface area contributed by atoms with Crippen LogP contribution in [-0.4, -0.2) is 27.9 Å². The summed E-state index contributed by atoms with van der Waals surface area (Å²) in [6.45, 7) is 8.23. The molecule has 0 radical (unpaired) electrons. The van der Waals surface area contributed by atoms with Gasteiger partial charge in [0.2, 0.25) is 0 Å². The molecule has 0 bridgehead atoms. The van der Waals surface area contributed by atoms with Gasteiger partial charge in [0.1, 0.15) is 5.60 Å². The third-order valence-corrected chi connectivity index (χ3v) is 2.30. The summed E-state index contributed by atoms with van der Waals surface area (Å²) in [5.41, 5.74) is 1.59. The minimum absolute atomic E-state index is 0.183. The van der Waals surface area contributed by atoms with E-state index in [0.717, 1.165) is 17.8 Å². The Bertz CT molecular complexity index is 405. The van der Waals surface area contributed by atoms with Crippen LogP contribution in [0.25, 0.3) is 0 Å². The first-order valence-electron chi connectivity index (χ1n) is 6.30. The van der Waals surface area contributed by atoms with E-state index >= 15 is 0 Å². The fourth-order valence-corrected chi connectivity index (χ4v) is 1.64. The van der Waals surface area contributed by atoms with Gasteiger partial charge in [-0.1, -0.05) is 6.92 Å². The van der Waals surface area contributed by atoms with Gasteiger partial charge in [-0.3, -0.25) is 9.48 Å². The molecular weight excluding hydrogens is 230 g/mol. The average Bonchev–Trinajstić information content (AvgIpc) is 2.56. The van der Waals surface area contributed by atoms with Gasteiger partial charge in [0.25, 0.3) is 0 Å². The molecule has 0 amide bonds. The summed E-state index contributed by atoms with van der Waals surface area (Å²) in [6, 6.07) is 0. The van der Waals surface area contributed by atoms with E-state index in [0.29, 0.717) is 13.0 Å². The van der Waals surface area contributed by atoms with Crippen LogP contribution in [0.3, 0.4) is 0 Å². The molecule has 0 fully saturated rings. The van der Waals surface area contributed by atoms with Crippen molar-refractivity contribution < 1.29 is 9.53 Å². The van der Waals surface area contributed by atoms with E-state index < -0.39 is 5.60 Å². The van der Waals surface area contributed by atoms with Gasteiger partial charge in [-0.2, -0.15) is 5.10 Å². The minimum Gasteiger partial charge on any atom is -0.460 e. The molecule has 1 rings (SSSR count). The zero-order valence-electron chi connectivity index (χ0n) is 11.9. The Hall–Kier alpha value is -1.52. The molecule has 0 unspecified atom stereocenters. The monoisotopic (exact) mass is 253 g/mol. The highest BCUT2D eigenvalue weighted by molar-refractivity contribution is 5.70. The predicted molar refractivity (Wildman–Crippen MR) is 71.5 cm³/mol. The number of aryl methyl sites for hydroxylation is 2. The number of nitrogens with zero attached hydrogens (tertiary/aromatic N) is 2. The molecule has 1 N–H and O–H groups in total. The summed E-state index contributed by atoms with van der Waals surface area (Å²) >= 11 is 0.